The summed E-state index contributed by atoms with van der Waals surface area (Å²) in [7, 11) is 0. The molecule has 0 radical (unpaired) electrons. The zero-order chi connectivity index (χ0) is 13.8. The Morgan fingerprint density at radius 1 is 1.21 bits per heavy atom. The second-order valence-electron chi connectivity index (χ2n) is 3.81. The van der Waals surface area contributed by atoms with Crippen LogP contribution in [-0.2, 0) is 4.79 Å². The average Bonchev–Trinajstić information content (AvgIpc) is 2.39. The van der Waals surface area contributed by atoms with Gasteiger partial charge in [0.15, 0.2) is 0 Å². The molecular formula is C14H11NO4. The summed E-state index contributed by atoms with van der Waals surface area (Å²) in [6.45, 7) is 1.70. The lowest BCUT2D eigenvalue weighted by molar-refractivity contribution is -0.383. The molecule has 0 atom stereocenters. The summed E-state index contributed by atoms with van der Waals surface area (Å²) in [4.78, 5) is 21.9. The van der Waals surface area contributed by atoms with Crippen LogP contribution < -0.4 is 4.74 Å². The number of hydrogen-bond donors (Lipinski definition) is 0. The van der Waals surface area contributed by atoms with Crippen LogP contribution in [0.1, 0.15) is 6.92 Å². The molecule has 0 heterocycles. The van der Waals surface area contributed by atoms with Crippen LogP contribution in [0.25, 0.3) is 10.8 Å². The normalized spacial score (nSPS) is 10.8. The first-order valence-electron chi connectivity index (χ1n) is 5.64. The number of nitro benzene ring substituents is 1. The molecule has 2 aromatic carbocycles. The monoisotopic (exact) mass is 257 g/mol. The first-order chi connectivity index (χ1) is 9.13. The molecule has 19 heavy (non-hydrogen) atoms. The molecule has 0 bridgehead atoms. The molecule has 0 aliphatic carbocycles. The van der Waals surface area contributed by atoms with Gasteiger partial charge in [0.2, 0.25) is 0 Å². The molecule has 0 spiro atoms. The number of non-ortho nitro benzene ring substituents is 1. The summed E-state index contributed by atoms with van der Waals surface area (Å²) in [5.41, 5.74) is -0.0126. The molecule has 0 unspecified atom stereocenters. The highest BCUT2D eigenvalue weighted by atomic mass is 16.6. The van der Waals surface area contributed by atoms with E-state index in [1.807, 2.05) is 0 Å². The standard InChI is InChI=1S/C14H11NO4/c1-2-5-14(16)19-13-9-8-12(15(17)18)10-6-3-4-7-11(10)13/h2-9H,1H3. The van der Waals surface area contributed by atoms with E-state index in [0.29, 0.717) is 16.5 Å². The number of fused-ring (bicyclic) bond motifs is 1. The lowest BCUT2D eigenvalue weighted by Crippen LogP contribution is -2.04. The van der Waals surface area contributed by atoms with Crippen molar-refractivity contribution in [3.8, 4) is 5.75 Å². The third-order valence-electron chi connectivity index (χ3n) is 2.57. The summed E-state index contributed by atoms with van der Waals surface area (Å²) >= 11 is 0. The van der Waals surface area contributed by atoms with Gasteiger partial charge in [-0.15, -0.1) is 0 Å². The third-order valence-corrected chi connectivity index (χ3v) is 2.57. The number of carbonyl (C=O) groups excluding carboxylic acids is 1. The van der Waals surface area contributed by atoms with Crippen molar-refractivity contribution in [2.45, 2.75) is 6.92 Å². The van der Waals surface area contributed by atoms with Gasteiger partial charge in [-0.25, -0.2) is 4.79 Å². The van der Waals surface area contributed by atoms with Crippen molar-refractivity contribution < 1.29 is 14.5 Å². The molecule has 0 aliphatic rings. The molecule has 0 saturated heterocycles. The fourth-order valence-electron chi connectivity index (χ4n) is 1.78. The Kier molecular flexibility index (Phi) is 3.56. The molecular weight excluding hydrogens is 246 g/mol. The second-order valence-corrected chi connectivity index (χ2v) is 3.81. The number of carbonyl (C=O) groups is 1. The highest BCUT2D eigenvalue weighted by Crippen LogP contribution is 2.32. The summed E-state index contributed by atoms with van der Waals surface area (Å²) in [6.07, 6.45) is 2.85. The number of ether oxygens (including phenoxy) is 1. The van der Waals surface area contributed by atoms with Crippen LogP contribution in [0.4, 0.5) is 5.69 Å². The van der Waals surface area contributed by atoms with E-state index in [1.165, 1.54) is 18.2 Å². The van der Waals surface area contributed by atoms with E-state index in [2.05, 4.69) is 0 Å². The van der Waals surface area contributed by atoms with Gasteiger partial charge in [0.25, 0.3) is 5.69 Å². The summed E-state index contributed by atoms with van der Waals surface area (Å²) < 4.78 is 5.15. The van der Waals surface area contributed by atoms with Gasteiger partial charge < -0.3 is 4.74 Å². The Morgan fingerprint density at radius 2 is 1.89 bits per heavy atom. The molecule has 0 aromatic heterocycles. The fourth-order valence-corrected chi connectivity index (χ4v) is 1.78. The van der Waals surface area contributed by atoms with E-state index in [-0.39, 0.29) is 5.69 Å². The van der Waals surface area contributed by atoms with Crippen molar-refractivity contribution in [3.05, 3.63) is 58.7 Å². The molecule has 0 N–H and O–H groups in total. The lowest BCUT2D eigenvalue weighted by atomic mass is 10.1. The predicted octanol–water partition coefficient (Wildman–Crippen LogP) is 3.23. The minimum atomic E-state index is -0.512. The van der Waals surface area contributed by atoms with Crippen molar-refractivity contribution in [3.63, 3.8) is 0 Å². The van der Waals surface area contributed by atoms with Gasteiger partial charge in [-0.05, 0) is 19.1 Å². The van der Waals surface area contributed by atoms with Crippen LogP contribution in [0.15, 0.2) is 48.6 Å². The van der Waals surface area contributed by atoms with Crippen molar-refractivity contribution in [2.75, 3.05) is 0 Å². The molecule has 0 saturated carbocycles. The summed E-state index contributed by atoms with van der Waals surface area (Å²) in [5, 5.41) is 11.9. The number of hydrogen-bond acceptors (Lipinski definition) is 4. The van der Waals surface area contributed by atoms with Crippen LogP contribution in [-0.4, -0.2) is 10.9 Å². The van der Waals surface area contributed by atoms with Gasteiger partial charge in [0.1, 0.15) is 5.75 Å². The maximum Gasteiger partial charge on any atom is 0.335 e. The van der Waals surface area contributed by atoms with Crippen molar-refractivity contribution in [2.24, 2.45) is 0 Å². The fraction of sp³-hybridized carbons (Fsp3) is 0.0714. The van der Waals surface area contributed by atoms with Crippen LogP contribution in [0.2, 0.25) is 0 Å². The van der Waals surface area contributed by atoms with E-state index in [9.17, 15) is 14.9 Å². The molecule has 5 nitrogen and oxygen atoms in total. The smallest absolute Gasteiger partial charge is 0.335 e. The SMILES string of the molecule is CC=CC(=O)Oc1ccc([N+](=O)[O-])c2ccccc12. The molecule has 5 heteroatoms. The number of esters is 1. The van der Waals surface area contributed by atoms with Crippen LogP contribution in [0, 0.1) is 10.1 Å². The van der Waals surface area contributed by atoms with Crippen LogP contribution in [0.5, 0.6) is 5.75 Å². The number of nitro groups is 1. The Labute approximate surface area is 109 Å². The Balaban J connectivity index is 2.55. The van der Waals surface area contributed by atoms with Gasteiger partial charge in [-0.1, -0.05) is 24.3 Å². The molecule has 96 valence electrons. The van der Waals surface area contributed by atoms with Gasteiger partial charge in [0.05, 0.1) is 10.3 Å². The minimum Gasteiger partial charge on any atom is -0.423 e. The number of rotatable bonds is 3. The molecule has 0 amide bonds. The first-order valence-corrected chi connectivity index (χ1v) is 5.64. The highest BCUT2D eigenvalue weighted by Gasteiger charge is 2.15. The Bertz CT molecular complexity index is 676. The molecule has 2 rings (SSSR count). The van der Waals surface area contributed by atoms with Crippen molar-refractivity contribution >= 4 is 22.4 Å². The van der Waals surface area contributed by atoms with Gasteiger partial charge in [-0.3, -0.25) is 10.1 Å². The number of nitrogens with zero attached hydrogens (tertiary/aromatic N) is 1. The Morgan fingerprint density at radius 3 is 2.53 bits per heavy atom. The second kappa shape index (κ2) is 5.30. The van der Waals surface area contributed by atoms with E-state index in [1.54, 1.807) is 37.3 Å². The van der Waals surface area contributed by atoms with Crippen molar-refractivity contribution in [1.82, 2.24) is 0 Å². The zero-order valence-electron chi connectivity index (χ0n) is 10.2. The molecule has 0 fully saturated rings. The Hall–Kier alpha value is -2.69. The molecule has 0 aliphatic heterocycles. The van der Waals surface area contributed by atoms with Crippen molar-refractivity contribution in [1.29, 1.82) is 0 Å². The van der Waals surface area contributed by atoms with E-state index in [4.69, 9.17) is 4.74 Å². The predicted molar refractivity (Wildman–Crippen MR) is 71.1 cm³/mol. The topological polar surface area (TPSA) is 69.4 Å². The minimum absolute atomic E-state index is 0.0126. The number of allylic oxidation sites excluding steroid dienone is 1. The zero-order valence-corrected chi connectivity index (χ0v) is 10.2. The van der Waals surface area contributed by atoms with E-state index >= 15 is 0 Å². The first kappa shape index (κ1) is 12.8. The average molecular weight is 257 g/mol. The van der Waals surface area contributed by atoms with Crippen LogP contribution >= 0.6 is 0 Å². The van der Waals surface area contributed by atoms with E-state index < -0.39 is 10.9 Å². The largest absolute Gasteiger partial charge is 0.423 e. The highest BCUT2D eigenvalue weighted by molar-refractivity contribution is 5.97. The maximum atomic E-state index is 11.4. The maximum absolute atomic E-state index is 11.4. The third kappa shape index (κ3) is 2.60. The summed E-state index contributed by atoms with van der Waals surface area (Å²) in [6, 6.07) is 9.51. The van der Waals surface area contributed by atoms with Crippen LogP contribution in [0.3, 0.4) is 0 Å². The van der Waals surface area contributed by atoms with E-state index in [0.717, 1.165) is 0 Å². The lowest BCUT2D eigenvalue weighted by Gasteiger charge is -2.06. The van der Waals surface area contributed by atoms with Gasteiger partial charge in [-0.2, -0.15) is 0 Å². The molecule has 2 aromatic rings. The number of benzene rings is 2. The van der Waals surface area contributed by atoms with Gasteiger partial charge in [0, 0.05) is 17.5 Å². The van der Waals surface area contributed by atoms with Gasteiger partial charge >= 0.3 is 5.97 Å². The quantitative estimate of drug-likeness (QED) is 0.278. The summed E-state index contributed by atoms with van der Waals surface area (Å²) in [5.74, 6) is -0.203.